The Hall–Kier alpha value is -4.44. The summed E-state index contributed by atoms with van der Waals surface area (Å²) >= 11 is 0. The highest BCUT2D eigenvalue weighted by Gasteiger charge is 2.44. The van der Waals surface area contributed by atoms with Crippen LogP contribution < -0.4 is 0 Å². The first kappa shape index (κ1) is 80.6. The number of carboxylic acids is 1. The predicted octanol–water partition coefficient (Wildman–Crippen LogP) is 18.4. The third kappa shape index (κ3) is 32.2. The van der Waals surface area contributed by atoms with Gasteiger partial charge in [-0.25, -0.2) is 8.78 Å². The van der Waals surface area contributed by atoms with Crippen LogP contribution in [0.5, 0.6) is 0 Å². The van der Waals surface area contributed by atoms with E-state index in [9.17, 15) is 64.7 Å². The first-order valence-electron chi connectivity index (χ1n) is 33.2. The number of Topliss-reactive ketones (excluding diaryl/α,β-unsaturated/α-hetero) is 5. The van der Waals surface area contributed by atoms with E-state index in [1.54, 1.807) is 6.08 Å². The molecule has 1 N–H and O–H groups in total. The highest BCUT2D eigenvalue weighted by molar-refractivity contribution is 5.87. The fourth-order valence-electron chi connectivity index (χ4n) is 12.3. The zero-order valence-electron chi connectivity index (χ0n) is 54.9. The summed E-state index contributed by atoms with van der Waals surface area (Å²) in [6, 6.07) is 0. The molecule has 0 heterocycles. The zero-order chi connectivity index (χ0) is 65.9. The summed E-state index contributed by atoms with van der Waals surface area (Å²) in [7, 11) is 0. The second-order valence-corrected chi connectivity index (χ2v) is 25.8. The van der Waals surface area contributed by atoms with Crippen LogP contribution in [0.2, 0.25) is 0 Å². The van der Waals surface area contributed by atoms with Crippen LogP contribution in [0.15, 0.2) is 36.5 Å². The number of rotatable bonds is 41. The molecule has 0 aromatic carbocycles. The van der Waals surface area contributed by atoms with E-state index in [-0.39, 0.29) is 127 Å². The van der Waals surface area contributed by atoms with Crippen molar-refractivity contribution >= 4 is 46.8 Å². The van der Waals surface area contributed by atoms with Gasteiger partial charge in [-0.15, -0.1) is 0 Å². The Morgan fingerprint density at radius 1 is 0.529 bits per heavy atom. The number of hydrogen-bond acceptors (Lipinski definition) is 10. The van der Waals surface area contributed by atoms with Crippen LogP contribution in [-0.4, -0.2) is 81.9 Å². The Morgan fingerprint density at radius 3 is 1.39 bits per heavy atom. The van der Waals surface area contributed by atoms with Crippen molar-refractivity contribution in [2.75, 3.05) is 0 Å². The quantitative estimate of drug-likeness (QED) is 0.0267. The number of ether oxygens (including phenoxy) is 2. The van der Waals surface area contributed by atoms with Crippen LogP contribution in [0.25, 0.3) is 0 Å². The maximum Gasteiger partial charge on any atom is 0.306 e. The van der Waals surface area contributed by atoms with Gasteiger partial charge in [-0.1, -0.05) is 130 Å². The molecule has 0 spiro atoms. The van der Waals surface area contributed by atoms with Gasteiger partial charge < -0.3 is 14.6 Å². The zero-order valence-corrected chi connectivity index (χ0v) is 54.9. The highest BCUT2D eigenvalue weighted by Crippen LogP contribution is 2.43. The molecule has 0 aromatic heterocycles. The molecule has 500 valence electrons. The summed E-state index contributed by atoms with van der Waals surface area (Å²) in [5, 5.41) is 8.62. The van der Waals surface area contributed by atoms with Crippen LogP contribution in [0, 0.1) is 59.2 Å². The van der Waals surface area contributed by atoms with Crippen LogP contribution >= 0.6 is 0 Å². The third-order valence-electron chi connectivity index (χ3n) is 17.5. The van der Waals surface area contributed by atoms with E-state index in [0.29, 0.717) is 103 Å². The van der Waals surface area contributed by atoms with Gasteiger partial charge in [0.1, 0.15) is 17.3 Å². The van der Waals surface area contributed by atoms with Gasteiger partial charge in [0.2, 0.25) is 11.6 Å². The monoisotopic (exact) mass is 1240 g/mol. The van der Waals surface area contributed by atoms with E-state index < -0.39 is 41.2 Å². The number of carboxylic acid groups (broad SMARTS) is 1. The summed E-state index contributed by atoms with van der Waals surface area (Å²) < 4.78 is 94.1. The standard InChI is InChI=1S/C25H38F2O3.C24H40F2O4.C21H34F2O4/c1-6-7-16-25(26,27)20(5)14-15-21-19(4)17-23(28)22(21)12-10-8-9-11-13-24(29)30-18(2)3;1-5-6-15-24(25,26)22(28)14-13-19-18(4)16-21(27)20(19)11-9-7-8-10-12-23(29)30-17(2)3;1-3-4-13-21(22,23)19(25)12-11-16-15(2)14-18(24)17(16)9-7-5-6-8-10-20(26)27/h7-8,10,14-16,18-22H,6,9,11-13,17H2,1-5H3;17-20H,5-16H2,1-4H3;15-17H,3-14H2,1-2H3,(H,26,27)/b10-8-,15-14+,16-7+;;/t19-,20?,21+,22-;18-,19+,20-;15-,16+,17-/m111/s1. The van der Waals surface area contributed by atoms with Crippen LogP contribution in [0.4, 0.5) is 26.3 Å². The molecule has 0 amide bonds. The van der Waals surface area contributed by atoms with Crippen molar-refractivity contribution in [2.24, 2.45) is 59.2 Å². The molecule has 17 heteroatoms. The van der Waals surface area contributed by atoms with Gasteiger partial charge in [-0.2, -0.15) is 17.6 Å². The van der Waals surface area contributed by atoms with Crippen LogP contribution in [0.3, 0.4) is 0 Å². The molecule has 3 aliphatic carbocycles. The number of ketones is 5. The minimum atomic E-state index is -3.25. The Morgan fingerprint density at radius 2 is 0.954 bits per heavy atom. The maximum atomic E-state index is 14.1. The van der Waals surface area contributed by atoms with E-state index in [1.807, 2.05) is 87.5 Å². The Bertz CT molecular complexity index is 2170. The first-order valence-corrected chi connectivity index (χ1v) is 33.2. The van der Waals surface area contributed by atoms with Crippen molar-refractivity contribution in [3.63, 3.8) is 0 Å². The van der Waals surface area contributed by atoms with Crippen molar-refractivity contribution in [3.8, 4) is 0 Å². The number of carbonyl (C=O) groups is 8. The number of esters is 2. The molecule has 3 aliphatic rings. The summed E-state index contributed by atoms with van der Waals surface area (Å²) in [4.78, 5) is 94.5. The van der Waals surface area contributed by atoms with Crippen molar-refractivity contribution < 1.29 is 79.3 Å². The molecule has 3 saturated carbocycles. The Labute approximate surface area is 518 Å². The lowest BCUT2D eigenvalue weighted by molar-refractivity contribution is -0.148. The molecule has 1 unspecified atom stereocenters. The average Bonchev–Trinajstić information content (AvgIpc) is 2.50. The fourth-order valence-corrected chi connectivity index (χ4v) is 12.3. The third-order valence-corrected chi connectivity index (χ3v) is 17.5. The van der Waals surface area contributed by atoms with Gasteiger partial charge in [0.05, 0.1) is 12.2 Å². The summed E-state index contributed by atoms with van der Waals surface area (Å²) in [6.45, 7) is 20.3. The first-order chi connectivity index (χ1) is 40.8. The highest BCUT2D eigenvalue weighted by atomic mass is 19.3. The molecule has 0 saturated heterocycles. The van der Waals surface area contributed by atoms with E-state index in [4.69, 9.17) is 14.6 Å². The van der Waals surface area contributed by atoms with E-state index in [1.165, 1.54) is 13.0 Å². The van der Waals surface area contributed by atoms with Gasteiger partial charge in [-0.05, 0) is 146 Å². The molecule has 0 bridgehead atoms. The number of aliphatic carboxylic acids is 1. The summed E-state index contributed by atoms with van der Waals surface area (Å²) in [5.41, 5.74) is 0. The molecule has 10 atom stereocenters. The maximum absolute atomic E-state index is 14.1. The lowest BCUT2D eigenvalue weighted by Crippen LogP contribution is -2.29. The van der Waals surface area contributed by atoms with Crippen LogP contribution in [0.1, 0.15) is 269 Å². The number of halogens is 6. The molecule has 0 radical (unpaired) electrons. The molecule has 3 fully saturated rings. The second-order valence-electron chi connectivity index (χ2n) is 25.8. The Kier molecular flexibility index (Phi) is 39.4. The van der Waals surface area contributed by atoms with Crippen molar-refractivity contribution in [1.82, 2.24) is 0 Å². The summed E-state index contributed by atoms with van der Waals surface area (Å²) in [6.07, 6.45) is 24.4. The molecular weight excluding hydrogens is 1130 g/mol. The minimum absolute atomic E-state index is 0.00226. The molecule has 87 heavy (non-hydrogen) atoms. The van der Waals surface area contributed by atoms with E-state index in [2.05, 4.69) is 0 Å². The number of allylic oxidation sites excluding steroid dienone is 6. The number of carbonyl (C=O) groups excluding carboxylic acids is 7. The number of hydrogen-bond donors (Lipinski definition) is 1. The van der Waals surface area contributed by atoms with Crippen molar-refractivity contribution in [3.05, 3.63) is 36.5 Å². The molecule has 0 aromatic rings. The lowest BCUT2D eigenvalue weighted by atomic mass is 9.82. The summed E-state index contributed by atoms with van der Waals surface area (Å²) in [5.74, 6) is -12.8. The van der Waals surface area contributed by atoms with Gasteiger partial charge in [0, 0.05) is 87.9 Å². The van der Waals surface area contributed by atoms with Gasteiger partial charge in [0.25, 0.3) is 5.92 Å². The average molecular weight is 1240 g/mol. The fraction of sp³-hybridized carbons (Fsp3) is 0.800. The van der Waals surface area contributed by atoms with Crippen molar-refractivity contribution in [2.45, 2.75) is 299 Å². The van der Waals surface area contributed by atoms with E-state index >= 15 is 0 Å². The lowest BCUT2D eigenvalue weighted by Gasteiger charge is -2.23. The Balaban J connectivity index is 0.000000654. The van der Waals surface area contributed by atoms with E-state index in [0.717, 1.165) is 63.9 Å². The smallest absolute Gasteiger partial charge is 0.306 e. The molecular formula is C70H112F6O11. The number of unbranched alkanes of at least 4 members (excludes halogenated alkanes) is 9. The predicted molar refractivity (Wildman–Crippen MR) is 331 cm³/mol. The van der Waals surface area contributed by atoms with Gasteiger partial charge in [-0.3, -0.25) is 38.4 Å². The molecule has 3 rings (SSSR count). The van der Waals surface area contributed by atoms with Gasteiger partial charge in [0.15, 0.2) is 0 Å². The number of alkyl halides is 6. The minimum Gasteiger partial charge on any atom is -0.481 e. The topological polar surface area (TPSA) is 175 Å². The largest absolute Gasteiger partial charge is 0.481 e. The molecule has 0 aliphatic heterocycles. The van der Waals surface area contributed by atoms with Crippen molar-refractivity contribution in [1.29, 1.82) is 0 Å². The van der Waals surface area contributed by atoms with Crippen LogP contribution in [-0.2, 0) is 47.8 Å². The molecule has 11 nitrogen and oxygen atoms in total. The SMILES string of the molecule is CC/C=C/C(F)(F)C(C)/C=C/[C@H]1[C@H](C)CC(=O)[C@@H]1C/C=C\CCCC(=O)OC(C)C.CCCCC(F)(F)C(=O)CC[C@H]1[C@H](C)CC(=O)[C@@H]1CCCCCCC(=O)O.CCCCC(F)(F)C(=O)CC[C@H]1[C@H](C)CC(=O)[C@@H]1CCCCCCC(=O)OC(C)C. The normalized spacial score (nSPS) is 23.0. The van der Waals surface area contributed by atoms with Gasteiger partial charge >= 0.3 is 29.8 Å². The second kappa shape index (κ2) is 42.5.